The van der Waals surface area contributed by atoms with Crippen molar-refractivity contribution in [2.24, 2.45) is 0 Å². The van der Waals surface area contributed by atoms with Crippen LogP contribution in [-0.4, -0.2) is 61.1 Å². The minimum Gasteiger partial charge on any atom is -0.490 e. The second kappa shape index (κ2) is 14.3. The predicted octanol–water partition coefficient (Wildman–Crippen LogP) is 4.74. The van der Waals surface area contributed by atoms with Gasteiger partial charge in [0.1, 0.15) is 12.4 Å². The number of amides is 1. The van der Waals surface area contributed by atoms with E-state index in [0.717, 1.165) is 6.54 Å². The summed E-state index contributed by atoms with van der Waals surface area (Å²) in [6, 6.07) is 7.65. The van der Waals surface area contributed by atoms with Gasteiger partial charge in [0.15, 0.2) is 4.93 Å². The van der Waals surface area contributed by atoms with Crippen LogP contribution in [0.5, 0.6) is 5.75 Å². The van der Waals surface area contributed by atoms with Gasteiger partial charge in [-0.1, -0.05) is 62.3 Å². The molecule has 0 aliphatic rings. The fourth-order valence-electron chi connectivity index (χ4n) is 2.34. The van der Waals surface area contributed by atoms with Crippen LogP contribution in [0.25, 0.3) is 0 Å². The summed E-state index contributed by atoms with van der Waals surface area (Å²) in [5, 5.41) is 6.21. The Morgan fingerprint density at radius 3 is 2.48 bits per heavy atom. The summed E-state index contributed by atoms with van der Waals surface area (Å²) in [5.41, 5.74) is 0.581. The Balaban J connectivity index is 2.67. The number of hydrogen-bond acceptors (Lipinski definition) is 7. The standard InChI is InChI=1S/C23H40N2O4S2/c1-8-27-14-15-29-23(7,31-30-22(4,5)6)17-28-20-11-9-10-19(16-20)21(26)25-13-12-24-18(2)3/h9-11,16,18,24H,8,12-15,17H2,1-7H3,(H,25,26). The SMILES string of the molecule is CCOCCOC(C)(COc1cccc(C(=O)NCCNC(C)C)c1)SSC(C)(C)C. The molecule has 0 saturated carbocycles. The molecule has 0 saturated heterocycles. The third-order valence-electron chi connectivity index (χ3n) is 3.87. The molecule has 1 aromatic carbocycles. The molecule has 0 radical (unpaired) electrons. The molecule has 1 aromatic rings. The molecule has 2 N–H and O–H groups in total. The Hall–Kier alpha value is -0.930. The number of carbonyl (C=O) groups is 1. The van der Waals surface area contributed by atoms with Crippen LogP contribution in [0, 0.1) is 0 Å². The first-order valence-electron chi connectivity index (χ1n) is 10.9. The van der Waals surface area contributed by atoms with Crippen LogP contribution in [0.3, 0.4) is 0 Å². The van der Waals surface area contributed by atoms with Gasteiger partial charge < -0.3 is 24.8 Å². The zero-order chi connectivity index (χ0) is 23.3. The summed E-state index contributed by atoms with van der Waals surface area (Å²) in [5.74, 6) is 0.540. The number of hydrogen-bond donors (Lipinski definition) is 2. The predicted molar refractivity (Wildman–Crippen MR) is 133 cm³/mol. The molecule has 0 aromatic heterocycles. The van der Waals surface area contributed by atoms with Gasteiger partial charge >= 0.3 is 0 Å². The third-order valence-corrected chi connectivity index (χ3v) is 7.85. The summed E-state index contributed by atoms with van der Waals surface area (Å²) in [6.45, 7) is 18.1. The van der Waals surface area contributed by atoms with Gasteiger partial charge in [-0.2, -0.15) is 0 Å². The van der Waals surface area contributed by atoms with E-state index in [4.69, 9.17) is 14.2 Å². The van der Waals surface area contributed by atoms with E-state index in [2.05, 4.69) is 45.3 Å². The fourth-order valence-corrected chi connectivity index (χ4v) is 4.58. The van der Waals surface area contributed by atoms with E-state index in [1.54, 1.807) is 33.7 Å². The number of nitrogens with one attached hydrogen (secondary N) is 2. The van der Waals surface area contributed by atoms with Gasteiger partial charge in [0, 0.05) is 36.0 Å². The van der Waals surface area contributed by atoms with Crippen molar-refractivity contribution in [1.29, 1.82) is 0 Å². The van der Waals surface area contributed by atoms with Crippen molar-refractivity contribution in [3.8, 4) is 5.75 Å². The van der Waals surface area contributed by atoms with E-state index in [-0.39, 0.29) is 10.7 Å². The lowest BCUT2D eigenvalue weighted by Crippen LogP contribution is -2.34. The van der Waals surface area contributed by atoms with Gasteiger partial charge in [0.05, 0.1) is 13.2 Å². The smallest absolute Gasteiger partial charge is 0.251 e. The molecule has 0 spiro atoms. The molecular formula is C23H40N2O4S2. The van der Waals surface area contributed by atoms with Crippen LogP contribution in [0.4, 0.5) is 0 Å². The molecule has 1 rings (SSSR count). The number of benzene rings is 1. The molecule has 0 bridgehead atoms. The highest BCUT2D eigenvalue weighted by molar-refractivity contribution is 8.77. The van der Waals surface area contributed by atoms with Crippen LogP contribution in [0.15, 0.2) is 24.3 Å². The van der Waals surface area contributed by atoms with Gasteiger partial charge in [0.25, 0.3) is 5.91 Å². The average molecular weight is 473 g/mol. The maximum Gasteiger partial charge on any atom is 0.251 e. The fraction of sp³-hybridized carbons (Fsp3) is 0.696. The molecule has 178 valence electrons. The van der Waals surface area contributed by atoms with Crippen molar-refractivity contribution in [3.05, 3.63) is 29.8 Å². The van der Waals surface area contributed by atoms with Crippen LogP contribution in [0.2, 0.25) is 0 Å². The van der Waals surface area contributed by atoms with Crippen LogP contribution < -0.4 is 15.4 Å². The van der Waals surface area contributed by atoms with E-state index < -0.39 is 4.93 Å². The molecule has 1 unspecified atom stereocenters. The second-order valence-electron chi connectivity index (χ2n) is 8.64. The van der Waals surface area contributed by atoms with Crippen molar-refractivity contribution < 1.29 is 19.0 Å². The lowest BCUT2D eigenvalue weighted by Gasteiger charge is -2.31. The van der Waals surface area contributed by atoms with Gasteiger partial charge in [-0.25, -0.2) is 0 Å². The lowest BCUT2D eigenvalue weighted by molar-refractivity contribution is -0.0224. The van der Waals surface area contributed by atoms with Crippen molar-refractivity contribution >= 4 is 27.5 Å². The molecule has 6 nitrogen and oxygen atoms in total. The van der Waals surface area contributed by atoms with Crippen molar-refractivity contribution in [2.45, 2.75) is 64.2 Å². The molecular weight excluding hydrogens is 432 g/mol. The second-order valence-corrected chi connectivity index (χ2v) is 12.1. The largest absolute Gasteiger partial charge is 0.490 e. The maximum absolute atomic E-state index is 12.4. The first-order chi connectivity index (χ1) is 14.5. The van der Waals surface area contributed by atoms with E-state index in [0.29, 0.717) is 50.3 Å². The Kier molecular flexibility index (Phi) is 12.9. The Morgan fingerprint density at radius 2 is 1.84 bits per heavy atom. The van der Waals surface area contributed by atoms with Crippen LogP contribution in [-0.2, 0) is 9.47 Å². The summed E-state index contributed by atoms with van der Waals surface area (Å²) >= 11 is 0. The molecule has 31 heavy (non-hydrogen) atoms. The number of carbonyl (C=O) groups excluding carboxylic acids is 1. The average Bonchev–Trinajstić information content (AvgIpc) is 2.71. The summed E-state index contributed by atoms with van der Waals surface area (Å²) in [4.78, 5) is 11.9. The minimum atomic E-state index is -0.546. The van der Waals surface area contributed by atoms with E-state index in [1.807, 2.05) is 26.0 Å². The van der Waals surface area contributed by atoms with Crippen molar-refractivity contribution in [3.63, 3.8) is 0 Å². The summed E-state index contributed by atoms with van der Waals surface area (Å²) < 4.78 is 17.7. The van der Waals surface area contributed by atoms with E-state index in [1.165, 1.54) is 0 Å². The topological polar surface area (TPSA) is 68.8 Å². The van der Waals surface area contributed by atoms with Gasteiger partial charge in [-0.05, 0) is 32.0 Å². The molecule has 8 heteroatoms. The van der Waals surface area contributed by atoms with E-state index in [9.17, 15) is 4.79 Å². The van der Waals surface area contributed by atoms with Crippen LogP contribution in [0.1, 0.15) is 58.8 Å². The monoisotopic (exact) mass is 472 g/mol. The van der Waals surface area contributed by atoms with Gasteiger partial charge in [-0.15, -0.1) is 0 Å². The van der Waals surface area contributed by atoms with Crippen LogP contribution >= 0.6 is 21.6 Å². The first kappa shape index (κ1) is 28.1. The van der Waals surface area contributed by atoms with Crippen molar-refractivity contribution in [2.75, 3.05) is 39.5 Å². The zero-order valence-corrected chi connectivity index (χ0v) is 21.7. The third kappa shape index (κ3) is 13.3. The molecule has 1 atom stereocenters. The van der Waals surface area contributed by atoms with E-state index >= 15 is 0 Å². The van der Waals surface area contributed by atoms with Gasteiger partial charge in [-0.3, -0.25) is 4.79 Å². The number of rotatable bonds is 15. The van der Waals surface area contributed by atoms with Gasteiger partial charge in [0.2, 0.25) is 0 Å². The Labute approximate surface area is 196 Å². The maximum atomic E-state index is 12.4. The first-order valence-corrected chi connectivity index (χ1v) is 13.0. The molecule has 0 aliphatic carbocycles. The highest BCUT2D eigenvalue weighted by Gasteiger charge is 2.30. The molecule has 0 fully saturated rings. The Morgan fingerprint density at radius 1 is 1.10 bits per heavy atom. The number of ether oxygens (including phenoxy) is 3. The molecule has 0 aliphatic heterocycles. The molecule has 1 amide bonds. The normalized spacial score (nSPS) is 13.8. The minimum absolute atomic E-state index is 0.0949. The summed E-state index contributed by atoms with van der Waals surface area (Å²) in [6.07, 6.45) is 0. The van der Waals surface area contributed by atoms with Crippen molar-refractivity contribution in [1.82, 2.24) is 10.6 Å². The summed E-state index contributed by atoms with van der Waals surface area (Å²) in [7, 11) is 3.42. The quantitative estimate of drug-likeness (QED) is 0.217. The molecule has 0 heterocycles. The zero-order valence-electron chi connectivity index (χ0n) is 20.1. The highest BCUT2D eigenvalue weighted by atomic mass is 33.1. The lowest BCUT2D eigenvalue weighted by atomic mass is 10.2. The highest BCUT2D eigenvalue weighted by Crippen LogP contribution is 2.44. The Bertz CT molecular complexity index is 653.